The van der Waals surface area contributed by atoms with Crippen LogP contribution in [0.4, 0.5) is 0 Å². The van der Waals surface area contributed by atoms with Crippen molar-refractivity contribution in [3.63, 3.8) is 0 Å². The first-order valence-corrected chi connectivity index (χ1v) is 2.87. The van der Waals surface area contributed by atoms with Crippen molar-refractivity contribution in [2.75, 3.05) is 0 Å². The molecule has 2 bridgehead atoms. The standard InChI is InChI=1S/B4H2O7.7H2O/c5-1-7-3-9-2(6)10-4(8-1)11-3;;;;;;;/h5-6H;7*1H2. The number of fused-ring (bicyclic) bond motifs is 2. The van der Waals surface area contributed by atoms with E-state index in [0.29, 0.717) is 0 Å². The van der Waals surface area contributed by atoms with Gasteiger partial charge in [0.1, 0.15) is 0 Å². The minimum absolute atomic E-state index is 0. The average Bonchev–Trinajstić information content (AvgIpc) is 1.82. The molecule has 2 aliphatic rings. The molecule has 112 valence electrons. The number of hydrogen-bond acceptors (Lipinski definition) is 7. The molecular weight excluding hydrogens is 267 g/mol. The molecule has 0 amide bonds. The molecule has 18 heteroatoms. The Hall–Kier alpha value is -0.300. The lowest BCUT2D eigenvalue weighted by atomic mass is 9.90. The fourth-order valence-electron chi connectivity index (χ4n) is 0.728. The maximum Gasteiger partial charge on any atom is 0.612 e. The summed E-state index contributed by atoms with van der Waals surface area (Å²) >= 11 is 0. The summed E-state index contributed by atoms with van der Waals surface area (Å²) in [5, 5.41) is 17.5. The van der Waals surface area contributed by atoms with E-state index in [1.54, 1.807) is 0 Å². The molecule has 0 saturated carbocycles. The van der Waals surface area contributed by atoms with Crippen LogP contribution >= 0.6 is 0 Å². The molecule has 2 saturated heterocycles. The van der Waals surface area contributed by atoms with Crippen LogP contribution in [-0.4, -0.2) is 77.7 Å². The second kappa shape index (κ2) is 14.8. The molecule has 0 aromatic carbocycles. The Morgan fingerprint density at radius 2 is 0.667 bits per heavy atom. The minimum atomic E-state index is -1.45. The first-order chi connectivity index (χ1) is 5.24. The molecule has 14 nitrogen and oxygen atoms in total. The van der Waals surface area contributed by atoms with Crippen molar-refractivity contribution in [3.05, 3.63) is 0 Å². The van der Waals surface area contributed by atoms with Crippen LogP contribution in [0.15, 0.2) is 0 Å². The lowest BCUT2D eigenvalue weighted by Gasteiger charge is -2.31. The van der Waals surface area contributed by atoms with E-state index in [2.05, 4.69) is 22.9 Å². The average molecular weight is 283 g/mol. The summed E-state index contributed by atoms with van der Waals surface area (Å²) in [6, 6.07) is 0. The molecular formula is H16B4O14. The van der Waals surface area contributed by atoms with Gasteiger partial charge < -0.3 is 71.2 Å². The van der Waals surface area contributed by atoms with Gasteiger partial charge in [0.25, 0.3) is 0 Å². The van der Waals surface area contributed by atoms with E-state index in [9.17, 15) is 0 Å². The molecule has 0 aromatic rings. The number of hydrogen-bond donors (Lipinski definition) is 2. The molecule has 2 aliphatic heterocycles. The van der Waals surface area contributed by atoms with E-state index in [1.165, 1.54) is 0 Å². The fraction of sp³-hybridized carbons (Fsp3) is 0. The van der Waals surface area contributed by atoms with Gasteiger partial charge in [0.15, 0.2) is 0 Å². The third-order valence-electron chi connectivity index (χ3n) is 1.13. The Morgan fingerprint density at radius 1 is 0.444 bits per heavy atom. The third kappa shape index (κ3) is 8.74. The van der Waals surface area contributed by atoms with Crippen LogP contribution in [0, 0.1) is 0 Å². The van der Waals surface area contributed by atoms with Crippen molar-refractivity contribution in [3.8, 4) is 0 Å². The van der Waals surface area contributed by atoms with Crippen molar-refractivity contribution in [2.24, 2.45) is 0 Å². The molecule has 0 aliphatic carbocycles. The molecule has 18 heavy (non-hydrogen) atoms. The van der Waals surface area contributed by atoms with E-state index >= 15 is 0 Å². The van der Waals surface area contributed by atoms with Crippen molar-refractivity contribution >= 4 is 29.3 Å². The van der Waals surface area contributed by atoms with E-state index in [4.69, 9.17) is 10.0 Å². The molecule has 2 heterocycles. The normalized spacial score (nSPS) is 15.0. The summed E-state index contributed by atoms with van der Waals surface area (Å²) in [5.74, 6) is 0. The predicted molar refractivity (Wildman–Crippen MR) is 58.2 cm³/mol. The maximum absolute atomic E-state index is 8.74. The maximum atomic E-state index is 8.74. The Kier molecular flexibility index (Phi) is 29.6. The lowest BCUT2D eigenvalue weighted by molar-refractivity contribution is 0.0834. The van der Waals surface area contributed by atoms with Crippen LogP contribution < -0.4 is 0 Å². The first-order valence-electron chi connectivity index (χ1n) is 2.87. The van der Waals surface area contributed by atoms with Crippen LogP contribution in [-0.2, 0) is 22.9 Å². The second-order valence-electron chi connectivity index (χ2n) is 1.87. The van der Waals surface area contributed by atoms with Crippen molar-refractivity contribution < 1.29 is 71.2 Å². The Morgan fingerprint density at radius 3 is 0.889 bits per heavy atom. The van der Waals surface area contributed by atoms with Crippen molar-refractivity contribution in [2.45, 2.75) is 0 Å². The Balaban J connectivity index is -0.0000000514. The lowest BCUT2D eigenvalue weighted by Crippen LogP contribution is -2.59. The Labute approximate surface area is 102 Å². The van der Waals surface area contributed by atoms with Crippen molar-refractivity contribution in [1.82, 2.24) is 0 Å². The molecule has 16 N–H and O–H groups in total. The van der Waals surface area contributed by atoms with Gasteiger partial charge in [-0.05, 0) is 0 Å². The first kappa shape index (κ1) is 36.1. The molecule has 0 spiro atoms. The summed E-state index contributed by atoms with van der Waals surface area (Å²) in [6.07, 6.45) is 0. The van der Waals surface area contributed by atoms with Gasteiger partial charge in [0.2, 0.25) is 0 Å². The van der Waals surface area contributed by atoms with Crippen LogP contribution in [0.5, 0.6) is 0 Å². The van der Waals surface area contributed by atoms with E-state index < -0.39 is 29.3 Å². The van der Waals surface area contributed by atoms with E-state index in [0.717, 1.165) is 0 Å². The predicted octanol–water partition coefficient (Wildman–Crippen LogP) is -8.75. The van der Waals surface area contributed by atoms with Crippen LogP contribution in [0.3, 0.4) is 0 Å². The van der Waals surface area contributed by atoms with Gasteiger partial charge in [-0.15, -0.1) is 0 Å². The smallest absolute Gasteiger partial charge is 0.412 e. The van der Waals surface area contributed by atoms with Crippen LogP contribution in [0.1, 0.15) is 0 Å². The van der Waals surface area contributed by atoms with Gasteiger partial charge >= 0.3 is 29.3 Å². The zero-order chi connectivity index (χ0) is 7.84. The zero-order valence-corrected chi connectivity index (χ0v) is 8.75. The summed E-state index contributed by atoms with van der Waals surface area (Å²) in [5.41, 5.74) is 0. The third-order valence-corrected chi connectivity index (χ3v) is 1.13. The zero-order valence-electron chi connectivity index (χ0n) is 8.75. The highest BCUT2D eigenvalue weighted by Gasteiger charge is 2.52. The van der Waals surface area contributed by atoms with E-state index in [-0.39, 0.29) is 38.3 Å². The van der Waals surface area contributed by atoms with Gasteiger partial charge in [0, 0.05) is 0 Å². The van der Waals surface area contributed by atoms with Gasteiger partial charge in [-0.3, -0.25) is 0 Å². The second-order valence-corrected chi connectivity index (χ2v) is 1.87. The van der Waals surface area contributed by atoms with E-state index in [1.807, 2.05) is 0 Å². The highest BCUT2D eigenvalue weighted by Crippen LogP contribution is 2.14. The van der Waals surface area contributed by atoms with Crippen LogP contribution in [0.2, 0.25) is 0 Å². The largest absolute Gasteiger partial charge is 0.612 e. The van der Waals surface area contributed by atoms with Gasteiger partial charge in [-0.25, -0.2) is 0 Å². The summed E-state index contributed by atoms with van der Waals surface area (Å²) < 4.78 is 22.6. The molecule has 2 rings (SSSR count). The molecule has 0 atom stereocenters. The molecule has 0 unspecified atom stereocenters. The Bertz CT molecular complexity index is 119. The summed E-state index contributed by atoms with van der Waals surface area (Å²) in [4.78, 5) is 0. The van der Waals surface area contributed by atoms with Gasteiger partial charge in [-0.2, -0.15) is 0 Å². The monoisotopic (exact) mass is 284 g/mol. The van der Waals surface area contributed by atoms with Crippen molar-refractivity contribution in [1.29, 1.82) is 0 Å². The molecule has 0 radical (unpaired) electrons. The quantitative estimate of drug-likeness (QED) is 0.403. The fourth-order valence-corrected chi connectivity index (χ4v) is 0.728. The molecule has 2 fully saturated rings. The summed E-state index contributed by atoms with van der Waals surface area (Å²) in [6.45, 7) is 0. The number of rotatable bonds is 0. The van der Waals surface area contributed by atoms with Gasteiger partial charge in [0.05, 0.1) is 0 Å². The van der Waals surface area contributed by atoms with Gasteiger partial charge in [-0.1, -0.05) is 0 Å². The highest BCUT2D eigenvalue weighted by atomic mass is 16.9. The summed E-state index contributed by atoms with van der Waals surface area (Å²) in [7, 11) is -5.20. The molecule has 0 aromatic heterocycles. The van der Waals surface area contributed by atoms with Crippen LogP contribution in [0.25, 0.3) is 0 Å². The minimum Gasteiger partial charge on any atom is -0.412 e. The highest BCUT2D eigenvalue weighted by molar-refractivity contribution is 6.74. The topological polar surface area (TPSA) is 307 Å². The SMILES string of the molecule is O.O.O.O.O.O.O.OB1OB2OB(O)OB(O1)O2.